The number of thiophene rings is 1. The lowest BCUT2D eigenvalue weighted by Crippen LogP contribution is -2.15. The molecule has 3 aromatic rings. The first kappa shape index (κ1) is 21.3. The fraction of sp³-hybridized carbons (Fsp3) is 0.105. The lowest BCUT2D eigenvalue weighted by molar-refractivity contribution is -0.385. The van der Waals surface area contributed by atoms with Gasteiger partial charge < -0.3 is 4.74 Å². The van der Waals surface area contributed by atoms with Crippen molar-refractivity contribution in [1.82, 2.24) is 0 Å². The number of non-ortho nitro benzene ring substituents is 1. The first-order chi connectivity index (χ1) is 14.3. The van der Waals surface area contributed by atoms with Crippen LogP contribution in [0, 0.1) is 10.1 Å². The number of nitro benzene ring substituents is 1. The third kappa shape index (κ3) is 4.93. The molecule has 0 bridgehead atoms. The number of anilines is 2. The number of hydrogen-bond donors (Lipinski definition) is 2. The van der Waals surface area contributed by atoms with Crippen LogP contribution in [-0.4, -0.2) is 26.2 Å². The number of nitrogens with one attached hydrogen (secondary N) is 2. The number of nitro groups is 1. The largest absolute Gasteiger partial charge is 0.497 e. The van der Waals surface area contributed by atoms with E-state index in [0.717, 1.165) is 10.9 Å². The summed E-state index contributed by atoms with van der Waals surface area (Å²) in [4.78, 5) is 11.1. The van der Waals surface area contributed by atoms with E-state index in [1.54, 1.807) is 19.1 Å². The first-order valence-electron chi connectivity index (χ1n) is 8.59. The Morgan fingerprint density at radius 3 is 2.50 bits per heavy atom. The summed E-state index contributed by atoms with van der Waals surface area (Å²) in [7, 11) is -2.65. The van der Waals surface area contributed by atoms with Crippen LogP contribution in [-0.2, 0) is 10.0 Å². The van der Waals surface area contributed by atoms with E-state index in [2.05, 4.69) is 15.2 Å². The van der Waals surface area contributed by atoms with E-state index >= 15 is 0 Å². The molecule has 2 N–H and O–H groups in total. The molecule has 0 aliphatic carbocycles. The number of methoxy groups -OCH3 is 1. The van der Waals surface area contributed by atoms with Gasteiger partial charge in [0.1, 0.15) is 10.6 Å². The maximum atomic E-state index is 13.0. The summed E-state index contributed by atoms with van der Waals surface area (Å²) in [5.74, 6) is 0.564. The van der Waals surface area contributed by atoms with Gasteiger partial charge in [-0.25, -0.2) is 8.42 Å². The monoisotopic (exact) mass is 446 g/mol. The molecule has 0 aliphatic heterocycles. The standard InChI is InChI=1S/C19H18N4O5S2/c1-13(18-4-3-11-29-18)20-21-17-10-7-15(23(24)25)12-19(17)30(26,27)22-14-5-8-16(28-2)9-6-14/h3-12,21-22H,1-2H3. The molecule has 156 valence electrons. The topological polar surface area (TPSA) is 123 Å². The molecule has 0 saturated carbocycles. The van der Waals surface area contributed by atoms with Crippen molar-refractivity contribution < 1.29 is 18.1 Å². The van der Waals surface area contributed by atoms with Crippen LogP contribution in [0.25, 0.3) is 0 Å². The number of hydrazone groups is 1. The van der Waals surface area contributed by atoms with E-state index in [1.807, 2.05) is 17.5 Å². The van der Waals surface area contributed by atoms with Crippen molar-refractivity contribution in [2.45, 2.75) is 11.8 Å². The van der Waals surface area contributed by atoms with Crippen LogP contribution >= 0.6 is 11.3 Å². The molecule has 9 nitrogen and oxygen atoms in total. The van der Waals surface area contributed by atoms with Gasteiger partial charge in [-0.15, -0.1) is 11.3 Å². The Kier molecular flexibility index (Phi) is 6.33. The molecule has 0 saturated heterocycles. The third-order valence-corrected chi connectivity index (χ3v) is 6.43. The molecule has 0 radical (unpaired) electrons. The molecule has 0 spiro atoms. The Labute approximate surface area is 177 Å². The number of nitrogens with zero attached hydrogens (tertiary/aromatic N) is 2. The number of hydrogen-bond acceptors (Lipinski definition) is 8. The minimum Gasteiger partial charge on any atom is -0.497 e. The van der Waals surface area contributed by atoms with E-state index in [4.69, 9.17) is 4.74 Å². The molecule has 1 aromatic heterocycles. The molecular weight excluding hydrogens is 428 g/mol. The van der Waals surface area contributed by atoms with Crippen LogP contribution < -0.4 is 14.9 Å². The quantitative estimate of drug-likeness (QED) is 0.302. The highest BCUT2D eigenvalue weighted by atomic mass is 32.2. The summed E-state index contributed by atoms with van der Waals surface area (Å²) in [6.45, 7) is 1.77. The Hall–Kier alpha value is -3.44. The Morgan fingerprint density at radius 1 is 1.17 bits per heavy atom. The van der Waals surface area contributed by atoms with Crippen molar-refractivity contribution in [2.24, 2.45) is 5.10 Å². The normalized spacial score (nSPS) is 11.7. The van der Waals surface area contributed by atoms with E-state index in [0.29, 0.717) is 11.5 Å². The van der Waals surface area contributed by atoms with Crippen LogP contribution in [0.3, 0.4) is 0 Å². The van der Waals surface area contributed by atoms with Crippen molar-refractivity contribution >= 4 is 44.1 Å². The SMILES string of the molecule is COc1ccc(NS(=O)(=O)c2cc([N+](=O)[O-])ccc2NN=C(C)c2cccs2)cc1. The molecule has 1 heterocycles. The smallest absolute Gasteiger partial charge is 0.270 e. The van der Waals surface area contributed by atoms with Crippen LogP contribution in [0.2, 0.25) is 0 Å². The average Bonchev–Trinajstić information content (AvgIpc) is 3.27. The predicted octanol–water partition coefficient (Wildman–Crippen LogP) is 4.30. The van der Waals surface area contributed by atoms with Crippen LogP contribution in [0.5, 0.6) is 5.75 Å². The third-order valence-electron chi connectivity index (χ3n) is 4.03. The molecule has 3 rings (SSSR count). The summed E-state index contributed by atoms with van der Waals surface area (Å²) in [6.07, 6.45) is 0. The number of sulfonamides is 1. The molecular formula is C19H18N4O5S2. The van der Waals surface area contributed by atoms with Gasteiger partial charge in [-0.2, -0.15) is 5.10 Å². The van der Waals surface area contributed by atoms with Crippen molar-refractivity contribution in [3.63, 3.8) is 0 Å². The van der Waals surface area contributed by atoms with Crippen LogP contribution in [0.4, 0.5) is 17.1 Å². The maximum Gasteiger partial charge on any atom is 0.270 e. The summed E-state index contributed by atoms with van der Waals surface area (Å²) in [5.41, 5.74) is 3.40. The van der Waals surface area contributed by atoms with Gasteiger partial charge in [0.2, 0.25) is 0 Å². The minimum atomic E-state index is -4.15. The second-order valence-corrected chi connectivity index (χ2v) is 8.66. The predicted molar refractivity (Wildman–Crippen MR) is 117 cm³/mol. The van der Waals surface area contributed by atoms with Gasteiger partial charge in [0.15, 0.2) is 0 Å². The van der Waals surface area contributed by atoms with Gasteiger partial charge >= 0.3 is 0 Å². The Balaban J connectivity index is 1.96. The van der Waals surface area contributed by atoms with E-state index < -0.39 is 14.9 Å². The molecule has 2 aromatic carbocycles. The summed E-state index contributed by atoms with van der Waals surface area (Å²) in [6, 6.07) is 13.5. The summed E-state index contributed by atoms with van der Waals surface area (Å²) >= 11 is 1.49. The zero-order chi connectivity index (χ0) is 21.7. The maximum absolute atomic E-state index is 13.0. The van der Waals surface area contributed by atoms with Crippen molar-refractivity contribution in [2.75, 3.05) is 17.3 Å². The minimum absolute atomic E-state index is 0.109. The molecule has 11 heteroatoms. The lowest BCUT2D eigenvalue weighted by Gasteiger charge is -2.12. The van der Waals surface area contributed by atoms with Gasteiger partial charge in [0.25, 0.3) is 15.7 Å². The number of rotatable bonds is 8. The second-order valence-electron chi connectivity index (χ2n) is 6.06. The second kappa shape index (κ2) is 8.93. The van der Waals surface area contributed by atoms with Crippen molar-refractivity contribution in [3.05, 3.63) is 75.0 Å². The fourth-order valence-corrected chi connectivity index (χ4v) is 4.40. The highest BCUT2D eigenvalue weighted by Crippen LogP contribution is 2.29. The van der Waals surface area contributed by atoms with E-state index in [1.165, 1.54) is 42.7 Å². The molecule has 0 aliphatic rings. The van der Waals surface area contributed by atoms with Gasteiger partial charge in [-0.1, -0.05) is 6.07 Å². The van der Waals surface area contributed by atoms with E-state index in [9.17, 15) is 18.5 Å². The molecule has 30 heavy (non-hydrogen) atoms. The van der Waals surface area contributed by atoms with E-state index in [-0.39, 0.29) is 22.0 Å². The first-order valence-corrected chi connectivity index (χ1v) is 11.0. The molecule has 0 amide bonds. The van der Waals surface area contributed by atoms with Crippen molar-refractivity contribution in [1.29, 1.82) is 0 Å². The Bertz CT molecular complexity index is 1170. The van der Waals surface area contributed by atoms with Gasteiger partial charge in [-0.3, -0.25) is 20.3 Å². The van der Waals surface area contributed by atoms with Gasteiger partial charge in [0, 0.05) is 22.7 Å². The van der Waals surface area contributed by atoms with Gasteiger partial charge in [0.05, 0.1) is 23.4 Å². The number of ether oxygens (including phenoxy) is 1. The van der Waals surface area contributed by atoms with Gasteiger partial charge in [-0.05, 0) is 48.7 Å². The average molecular weight is 447 g/mol. The van der Waals surface area contributed by atoms with Crippen LogP contribution in [0.15, 0.2) is 70.0 Å². The summed E-state index contributed by atoms with van der Waals surface area (Å²) in [5, 5.41) is 17.3. The lowest BCUT2D eigenvalue weighted by atomic mass is 10.3. The highest BCUT2D eigenvalue weighted by Gasteiger charge is 2.23. The summed E-state index contributed by atoms with van der Waals surface area (Å²) < 4.78 is 33.4. The fourth-order valence-electron chi connectivity index (χ4n) is 2.49. The zero-order valence-corrected chi connectivity index (χ0v) is 17.7. The molecule has 0 unspecified atom stereocenters. The molecule has 0 atom stereocenters. The molecule has 0 fully saturated rings. The van der Waals surface area contributed by atoms with Crippen molar-refractivity contribution in [3.8, 4) is 5.75 Å². The highest BCUT2D eigenvalue weighted by molar-refractivity contribution is 7.92. The number of benzene rings is 2. The van der Waals surface area contributed by atoms with Crippen LogP contribution in [0.1, 0.15) is 11.8 Å². The zero-order valence-electron chi connectivity index (χ0n) is 16.0. The Morgan fingerprint density at radius 2 is 1.90 bits per heavy atom.